The minimum absolute atomic E-state index is 0.577. The molecule has 0 aliphatic rings. The molecule has 3 aromatic carbocycles. The molecule has 0 aliphatic carbocycles. The highest BCUT2D eigenvalue weighted by atomic mass is 35.5. The molecule has 0 bridgehead atoms. The summed E-state index contributed by atoms with van der Waals surface area (Å²) in [4.78, 5) is 0.997. The number of hydrogen-bond acceptors (Lipinski definition) is 6. The summed E-state index contributed by atoms with van der Waals surface area (Å²) in [6.07, 6.45) is 4.03. The highest BCUT2D eigenvalue weighted by molar-refractivity contribution is 8.00. The van der Waals surface area contributed by atoms with E-state index in [1.807, 2.05) is 66.7 Å². The third kappa shape index (κ3) is 5.81. The van der Waals surface area contributed by atoms with Gasteiger partial charge in [-0.15, -0.1) is 0 Å². The van der Waals surface area contributed by atoms with Crippen LogP contribution in [0.4, 0.5) is 5.69 Å². The number of nitrogens with one attached hydrogen (secondary N) is 1. The van der Waals surface area contributed by atoms with Crippen molar-refractivity contribution in [1.82, 2.24) is 0 Å². The van der Waals surface area contributed by atoms with Gasteiger partial charge in [-0.2, -0.15) is 0 Å². The van der Waals surface area contributed by atoms with Crippen LogP contribution < -0.4 is 23.7 Å². The second-order valence-electron chi connectivity index (χ2n) is 6.41. The summed E-state index contributed by atoms with van der Waals surface area (Å²) in [5.74, 6) is 2.48. The van der Waals surface area contributed by atoms with Gasteiger partial charge in [0.15, 0.2) is 11.5 Å². The molecule has 1 N–H and O–H groups in total. The third-order valence-corrected chi connectivity index (χ3v) is 5.60. The molecule has 0 saturated carbocycles. The Labute approximate surface area is 192 Å². The average Bonchev–Trinajstić information content (AvgIpc) is 2.81. The van der Waals surface area contributed by atoms with Gasteiger partial charge in [0.1, 0.15) is 5.75 Å². The van der Waals surface area contributed by atoms with Gasteiger partial charge >= 0.3 is 0 Å². The van der Waals surface area contributed by atoms with Crippen LogP contribution in [-0.2, 0) is 0 Å². The van der Waals surface area contributed by atoms with Crippen molar-refractivity contribution in [3.8, 4) is 23.0 Å². The number of benzene rings is 3. The SMILES string of the molecule is COc1ccc(SNc2ccc(/C=C\c3cc(OC)c(OC)c(OC)c3)cc2)cc1Cl. The topological polar surface area (TPSA) is 49.0 Å². The second-order valence-corrected chi connectivity index (χ2v) is 7.70. The minimum atomic E-state index is 0.577. The summed E-state index contributed by atoms with van der Waals surface area (Å²) in [5.41, 5.74) is 3.00. The summed E-state index contributed by atoms with van der Waals surface area (Å²) >= 11 is 7.66. The van der Waals surface area contributed by atoms with Crippen molar-refractivity contribution < 1.29 is 18.9 Å². The van der Waals surface area contributed by atoms with Crippen LogP contribution in [0.2, 0.25) is 5.02 Å². The first-order valence-corrected chi connectivity index (χ1v) is 10.6. The minimum Gasteiger partial charge on any atom is -0.495 e. The fraction of sp³-hybridized carbons (Fsp3) is 0.167. The van der Waals surface area contributed by atoms with Crippen LogP contribution in [0.25, 0.3) is 12.2 Å². The second kappa shape index (κ2) is 10.9. The molecule has 7 heteroatoms. The van der Waals surface area contributed by atoms with Gasteiger partial charge < -0.3 is 23.7 Å². The molecule has 0 radical (unpaired) electrons. The normalized spacial score (nSPS) is 10.7. The monoisotopic (exact) mass is 457 g/mol. The van der Waals surface area contributed by atoms with Crippen LogP contribution in [0.15, 0.2) is 59.5 Å². The quantitative estimate of drug-likeness (QED) is 0.286. The largest absolute Gasteiger partial charge is 0.495 e. The summed E-state index contributed by atoms with van der Waals surface area (Å²) in [7, 11) is 6.40. The Hall–Kier alpha value is -2.96. The van der Waals surface area contributed by atoms with Crippen molar-refractivity contribution in [1.29, 1.82) is 0 Å². The Morgan fingerprint density at radius 2 is 1.32 bits per heavy atom. The van der Waals surface area contributed by atoms with E-state index >= 15 is 0 Å². The zero-order valence-electron chi connectivity index (χ0n) is 17.8. The van der Waals surface area contributed by atoms with E-state index in [2.05, 4.69) is 4.72 Å². The lowest BCUT2D eigenvalue weighted by Gasteiger charge is -2.12. The molecule has 0 spiro atoms. The van der Waals surface area contributed by atoms with Crippen molar-refractivity contribution in [3.05, 3.63) is 70.7 Å². The fourth-order valence-electron chi connectivity index (χ4n) is 2.88. The predicted molar refractivity (Wildman–Crippen MR) is 129 cm³/mol. The van der Waals surface area contributed by atoms with Gasteiger partial charge in [0.05, 0.1) is 33.5 Å². The van der Waals surface area contributed by atoms with Crippen molar-refractivity contribution in [2.45, 2.75) is 4.90 Å². The smallest absolute Gasteiger partial charge is 0.203 e. The molecular weight excluding hydrogens is 434 g/mol. The Balaban J connectivity index is 1.66. The van der Waals surface area contributed by atoms with Crippen LogP contribution in [0.3, 0.4) is 0 Å². The molecule has 0 atom stereocenters. The number of ether oxygens (including phenoxy) is 4. The summed E-state index contributed by atoms with van der Waals surface area (Å²) in [6, 6.07) is 17.6. The molecule has 0 fully saturated rings. The maximum Gasteiger partial charge on any atom is 0.203 e. The molecule has 5 nitrogen and oxygen atoms in total. The fourth-order valence-corrected chi connectivity index (χ4v) is 3.89. The summed E-state index contributed by atoms with van der Waals surface area (Å²) < 4.78 is 24.7. The number of rotatable bonds is 9. The Morgan fingerprint density at radius 3 is 1.87 bits per heavy atom. The van der Waals surface area contributed by atoms with Crippen molar-refractivity contribution in [2.75, 3.05) is 33.2 Å². The molecule has 0 saturated heterocycles. The van der Waals surface area contributed by atoms with Crippen LogP contribution in [-0.4, -0.2) is 28.4 Å². The number of hydrogen-bond donors (Lipinski definition) is 1. The van der Waals surface area contributed by atoms with E-state index < -0.39 is 0 Å². The number of methoxy groups -OCH3 is 4. The van der Waals surface area contributed by atoms with E-state index in [1.54, 1.807) is 28.4 Å². The molecule has 0 heterocycles. The van der Waals surface area contributed by atoms with Crippen LogP contribution in [0.1, 0.15) is 11.1 Å². The summed E-state index contributed by atoms with van der Waals surface area (Å²) in [6.45, 7) is 0. The summed E-state index contributed by atoms with van der Waals surface area (Å²) in [5, 5.41) is 0.585. The molecule has 0 aromatic heterocycles. The predicted octanol–water partition coefficient (Wildman–Crippen LogP) is 6.66. The van der Waals surface area contributed by atoms with Gasteiger partial charge in [0.2, 0.25) is 5.75 Å². The first kappa shape index (κ1) is 22.7. The van der Waals surface area contributed by atoms with Gasteiger partial charge in [-0.3, -0.25) is 0 Å². The molecule has 0 unspecified atom stereocenters. The van der Waals surface area contributed by atoms with Crippen molar-refractivity contribution in [3.63, 3.8) is 0 Å². The first-order valence-electron chi connectivity index (χ1n) is 9.42. The van der Waals surface area contributed by atoms with Gasteiger partial charge in [0, 0.05) is 10.6 Å². The van der Waals surface area contributed by atoms with Crippen LogP contribution in [0.5, 0.6) is 23.0 Å². The highest BCUT2D eigenvalue weighted by Gasteiger charge is 2.12. The van der Waals surface area contributed by atoms with E-state index in [9.17, 15) is 0 Å². The van der Waals surface area contributed by atoms with Gasteiger partial charge in [-0.1, -0.05) is 35.9 Å². The average molecular weight is 458 g/mol. The molecule has 162 valence electrons. The lowest BCUT2D eigenvalue weighted by atomic mass is 10.1. The maximum absolute atomic E-state index is 6.18. The van der Waals surface area contributed by atoms with E-state index in [4.69, 9.17) is 30.5 Å². The van der Waals surface area contributed by atoms with E-state index in [-0.39, 0.29) is 0 Å². The third-order valence-electron chi connectivity index (χ3n) is 4.48. The first-order chi connectivity index (χ1) is 15.1. The Bertz CT molecular complexity index is 1030. The van der Waals surface area contributed by atoms with E-state index in [1.165, 1.54) is 11.9 Å². The maximum atomic E-state index is 6.18. The zero-order chi connectivity index (χ0) is 22.2. The van der Waals surface area contributed by atoms with Crippen molar-refractivity contribution in [2.24, 2.45) is 0 Å². The standard InChI is InChI=1S/C24H24ClNO4S/c1-27-21-12-11-19(15-20(21)25)31-26-18-9-7-16(8-10-18)5-6-17-13-22(28-2)24(30-4)23(14-17)29-3/h5-15,26H,1-4H3/b6-5-. The zero-order valence-corrected chi connectivity index (χ0v) is 19.3. The molecule has 0 amide bonds. The molecule has 3 rings (SSSR count). The molecule has 3 aromatic rings. The van der Waals surface area contributed by atoms with Crippen LogP contribution in [0, 0.1) is 0 Å². The number of anilines is 1. The highest BCUT2D eigenvalue weighted by Crippen LogP contribution is 2.38. The lowest BCUT2D eigenvalue weighted by molar-refractivity contribution is 0.324. The van der Waals surface area contributed by atoms with Crippen molar-refractivity contribution >= 4 is 41.4 Å². The Morgan fingerprint density at radius 1 is 0.710 bits per heavy atom. The van der Waals surface area contributed by atoms with Crippen LogP contribution >= 0.6 is 23.5 Å². The Kier molecular flexibility index (Phi) is 7.98. The van der Waals surface area contributed by atoms with Gasteiger partial charge in [0.25, 0.3) is 0 Å². The van der Waals surface area contributed by atoms with E-state index in [0.717, 1.165) is 21.7 Å². The molecule has 0 aliphatic heterocycles. The lowest BCUT2D eigenvalue weighted by Crippen LogP contribution is -1.95. The van der Waals surface area contributed by atoms with Gasteiger partial charge in [-0.05, 0) is 65.5 Å². The number of halogens is 1. The molecule has 31 heavy (non-hydrogen) atoms. The van der Waals surface area contributed by atoms with E-state index in [0.29, 0.717) is 28.0 Å². The molecular formula is C24H24ClNO4S. The van der Waals surface area contributed by atoms with Gasteiger partial charge in [-0.25, -0.2) is 0 Å².